The summed E-state index contributed by atoms with van der Waals surface area (Å²) in [5, 5.41) is 14.9. The van der Waals surface area contributed by atoms with Crippen LogP contribution in [0.4, 0.5) is 5.69 Å². The summed E-state index contributed by atoms with van der Waals surface area (Å²) in [5.41, 5.74) is 1.72. The van der Waals surface area contributed by atoms with Crippen LogP contribution >= 0.6 is 24.0 Å². The predicted octanol–water partition coefficient (Wildman–Crippen LogP) is 4.53. The molecule has 1 saturated carbocycles. The van der Waals surface area contributed by atoms with E-state index in [1.807, 2.05) is 24.3 Å². The predicted molar refractivity (Wildman–Crippen MR) is 124 cm³/mol. The van der Waals surface area contributed by atoms with Crippen molar-refractivity contribution in [3.8, 4) is 11.3 Å². The van der Waals surface area contributed by atoms with Gasteiger partial charge in [-0.25, -0.2) is 5.10 Å². The van der Waals surface area contributed by atoms with Crippen LogP contribution in [0.1, 0.15) is 32.1 Å². The fourth-order valence-corrected chi connectivity index (χ4v) is 3.48. The molecule has 1 heterocycles. The number of carbonyl (C=O) groups is 1. The number of nitrogens with zero attached hydrogens (tertiary/aromatic N) is 1. The van der Waals surface area contributed by atoms with Crippen LogP contribution in [0.5, 0.6) is 0 Å². The van der Waals surface area contributed by atoms with E-state index in [0.29, 0.717) is 34.3 Å². The average molecular weight is 447 g/mol. The highest BCUT2D eigenvalue weighted by atomic mass is 35.5. The minimum Gasteiger partial charge on any atom is -0.325 e. The van der Waals surface area contributed by atoms with Crippen LogP contribution in [0.15, 0.2) is 47.3 Å². The molecule has 30 heavy (non-hydrogen) atoms. The molecule has 3 aromatic rings. The average Bonchev–Trinajstić information content (AvgIpc) is 3.55. The molecular weight excluding hydrogens is 423 g/mol. The summed E-state index contributed by atoms with van der Waals surface area (Å²) in [5.74, 6) is -0.0604. The largest absolute Gasteiger partial charge is 0.325 e. The molecule has 1 amide bonds. The third kappa shape index (κ3) is 5.39. The van der Waals surface area contributed by atoms with Gasteiger partial charge in [-0.05, 0) is 50.4 Å². The number of aromatic amines is 1. The lowest BCUT2D eigenvalue weighted by Gasteiger charge is -2.11. The van der Waals surface area contributed by atoms with Gasteiger partial charge < -0.3 is 10.6 Å². The van der Waals surface area contributed by atoms with Gasteiger partial charge in [-0.1, -0.05) is 35.9 Å². The Kier molecular flexibility index (Phi) is 7.48. The molecule has 1 aliphatic carbocycles. The third-order valence-electron chi connectivity index (χ3n) is 5.05. The van der Waals surface area contributed by atoms with E-state index >= 15 is 0 Å². The van der Waals surface area contributed by atoms with Crippen LogP contribution in [-0.2, 0) is 4.79 Å². The van der Waals surface area contributed by atoms with Crippen molar-refractivity contribution in [3.63, 3.8) is 0 Å². The molecule has 158 valence electrons. The molecule has 8 heteroatoms. The van der Waals surface area contributed by atoms with Gasteiger partial charge in [0.05, 0.1) is 21.8 Å². The van der Waals surface area contributed by atoms with E-state index in [0.717, 1.165) is 30.3 Å². The van der Waals surface area contributed by atoms with E-state index in [4.69, 9.17) is 11.6 Å². The van der Waals surface area contributed by atoms with Gasteiger partial charge >= 0.3 is 0 Å². The van der Waals surface area contributed by atoms with Crippen molar-refractivity contribution >= 4 is 46.4 Å². The second-order valence-electron chi connectivity index (χ2n) is 7.38. The van der Waals surface area contributed by atoms with Crippen LogP contribution in [0.25, 0.3) is 22.0 Å². The van der Waals surface area contributed by atoms with Crippen molar-refractivity contribution in [2.45, 2.75) is 38.1 Å². The first-order valence-electron chi connectivity index (χ1n) is 9.92. The van der Waals surface area contributed by atoms with Crippen molar-refractivity contribution in [2.24, 2.45) is 0 Å². The van der Waals surface area contributed by atoms with Crippen LogP contribution in [-0.4, -0.2) is 28.7 Å². The van der Waals surface area contributed by atoms with Crippen LogP contribution in [0, 0.1) is 0 Å². The lowest BCUT2D eigenvalue weighted by molar-refractivity contribution is -0.116. The monoisotopic (exact) mass is 446 g/mol. The first-order valence-corrected chi connectivity index (χ1v) is 10.3. The smallest absolute Gasteiger partial charge is 0.272 e. The Morgan fingerprint density at radius 1 is 1.13 bits per heavy atom. The molecular formula is C22H24Cl2N4O2. The Hall–Kier alpha value is -2.41. The normalized spacial score (nSPS) is 13.1. The molecule has 0 spiro atoms. The number of fused-ring (bicyclic) bond motifs is 1. The minimum atomic E-state index is -0.233. The number of unbranched alkanes of at least 4 members (excludes halogenated alkanes) is 1. The Morgan fingerprint density at radius 2 is 1.90 bits per heavy atom. The van der Waals surface area contributed by atoms with Crippen molar-refractivity contribution in [1.82, 2.24) is 15.5 Å². The molecule has 3 N–H and O–H groups in total. The van der Waals surface area contributed by atoms with Crippen molar-refractivity contribution < 1.29 is 4.79 Å². The summed E-state index contributed by atoms with van der Waals surface area (Å²) in [6.07, 6.45) is 4.80. The van der Waals surface area contributed by atoms with Gasteiger partial charge in [0.15, 0.2) is 0 Å². The summed E-state index contributed by atoms with van der Waals surface area (Å²) in [4.78, 5) is 24.3. The lowest BCUT2D eigenvalue weighted by atomic mass is 10.0. The number of nitrogens with one attached hydrogen (secondary N) is 3. The second-order valence-corrected chi connectivity index (χ2v) is 7.78. The van der Waals surface area contributed by atoms with Crippen molar-refractivity contribution in [1.29, 1.82) is 0 Å². The van der Waals surface area contributed by atoms with Gasteiger partial charge in [0.1, 0.15) is 0 Å². The molecule has 1 fully saturated rings. The molecule has 6 nitrogen and oxygen atoms in total. The zero-order chi connectivity index (χ0) is 20.2. The molecule has 0 aliphatic heterocycles. The number of amides is 1. The maximum atomic E-state index is 12.3. The number of carbonyl (C=O) groups excluding carboxylic acids is 1. The number of hydrogen-bond donors (Lipinski definition) is 3. The number of anilines is 1. The molecule has 0 saturated heterocycles. The zero-order valence-corrected chi connectivity index (χ0v) is 18.0. The number of H-pyrrole nitrogens is 1. The molecule has 0 unspecified atom stereocenters. The number of halogens is 2. The van der Waals surface area contributed by atoms with Gasteiger partial charge in [-0.15, -0.1) is 12.4 Å². The first-order chi connectivity index (χ1) is 14.1. The number of aromatic nitrogens is 2. The minimum absolute atomic E-state index is 0. The highest BCUT2D eigenvalue weighted by Crippen LogP contribution is 2.30. The molecule has 4 rings (SSSR count). The molecule has 0 radical (unpaired) electrons. The second kappa shape index (κ2) is 10.1. The highest BCUT2D eigenvalue weighted by molar-refractivity contribution is 6.33. The van der Waals surface area contributed by atoms with Gasteiger partial charge in [0.2, 0.25) is 5.91 Å². The molecule has 0 atom stereocenters. The third-order valence-corrected chi connectivity index (χ3v) is 5.38. The van der Waals surface area contributed by atoms with Crippen molar-refractivity contribution in [2.75, 3.05) is 11.9 Å². The number of rotatable bonds is 8. The standard InChI is InChI=1S/C22H23ClN4O2.ClH/c23-18-11-8-14(21-16-5-1-2-6-17(16)22(29)27-26-21)13-19(18)25-20(28)7-3-4-12-24-15-9-10-15;/h1-2,5-6,8,11,13,15,24H,3-4,7,9-10,12H2,(H,25,28)(H,27,29);1H. The maximum Gasteiger partial charge on any atom is 0.272 e. The quantitative estimate of drug-likeness (QED) is 0.443. The van der Waals surface area contributed by atoms with Crippen LogP contribution < -0.4 is 16.2 Å². The summed E-state index contributed by atoms with van der Waals surface area (Å²) in [6.45, 7) is 0.957. The van der Waals surface area contributed by atoms with Gasteiger partial charge in [0.25, 0.3) is 5.56 Å². The molecule has 1 aromatic heterocycles. The van der Waals surface area contributed by atoms with E-state index in [9.17, 15) is 9.59 Å². The van der Waals surface area contributed by atoms with Gasteiger partial charge in [-0.3, -0.25) is 9.59 Å². The lowest BCUT2D eigenvalue weighted by Crippen LogP contribution is -2.18. The fourth-order valence-electron chi connectivity index (χ4n) is 3.32. The molecule has 2 aromatic carbocycles. The van der Waals surface area contributed by atoms with Crippen molar-refractivity contribution in [3.05, 3.63) is 57.8 Å². The fraction of sp³-hybridized carbons (Fsp3) is 0.318. The zero-order valence-electron chi connectivity index (χ0n) is 16.4. The Labute approximate surface area is 185 Å². The van der Waals surface area contributed by atoms with Gasteiger partial charge in [0, 0.05) is 23.4 Å². The van der Waals surface area contributed by atoms with E-state index in [2.05, 4.69) is 20.8 Å². The van der Waals surface area contributed by atoms with Crippen LogP contribution in [0.3, 0.4) is 0 Å². The topological polar surface area (TPSA) is 86.9 Å². The summed E-state index contributed by atoms with van der Waals surface area (Å²) < 4.78 is 0. The van der Waals surface area contributed by atoms with E-state index in [-0.39, 0.29) is 23.9 Å². The Morgan fingerprint density at radius 3 is 2.67 bits per heavy atom. The molecule has 1 aliphatic rings. The van der Waals surface area contributed by atoms with Gasteiger partial charge in [-0.2, -0.15) is 5.10 Å². The number of benzene rings is 2. The number of hydrogen-bond acceptors (Lipinski definition) is 4. The van der Waals surface area contributed by atoms with E-state index in [1.165, 1.54) is 12.8 Å². The first kappa shape index (κ1) is 22.3. The summed E-state index contributed by atoms with van der Waals surface area (Å²) in [6, 6.07) is 13.3. The maximum absolute atomic E-state index is 12.3. The Bertz CT molecular complexity index is 1100. The Balaban J connectivity index is 0.00000256. The summed E-state index contributed by atoms with van der Waals surface area (Å²) >= 11 is 6.29. The van der Waals surface area contributed by atoms with Crippen LogP contribution in [0.2, 0.25) is 5.02 Å². The summed E-state index contributed by atoms with van der Waals surface area (Å²) in [7, 11) is 0. The van der Waals surface area contributed by atoms with E-state index < -0.39 is 0 Å². The highest BCUT2D eigenvalue weighted by Gasteiger charge is 2.19. The van der Waals surface area contributed by atoms with E-state index in [1.54, 1.807) is 18.2 Å². The SMILES string of the molecule is Cl.O=C(CCCCNC1CC1)Nc1cc(-c2n[nH]c(=O)c3ccccc23)ccc1Cl. The molecule has 0 bridgehead atoms.